The standard InChI is InChI=1S/C14H12O2/c15-9-13-7-6-12(8-14(13)10-16)11-4-2-1-3-5-11/h1-8,10,15H,9H2. The third-order valence-electron chi connectivity index (χ3n) is 2.55. The van der Waals surface area contributed by atoms with Gasteiger partial charge < -0.3 is 5.11 Å². The molecule has 16 heavy (non-hydrogen) atoms. The molecular weight excluding hydrogens is 200 g/mol. The Bertz CT molecular complexity index is 489. The Morgan fingerprint density at radius 1 is 1.00 bits per heavy atom. The molecule has 2 aromatic rings. The highest BCUT2D eigenvalue weighted by molar-refractivity contribution is 5.81. The van der Waals surface area contributed by atoms with Gasteiger partial charge in [0.15, 0.2) is 0 Å². The Balaban J connectivity index is 2.48. The minimum atomic E-state index is -0.108. The first-order valence-corrected chi connectivity index (χ1v) is 5.09. The summed E-state index contributed by atoms with van der Waals surface area (Å²) in [6, 6.07) is 15.3. The summed E-state index contributed by atoms with van der Waals surface area (Å²) in [6.45, 7) is -0.108. The van der Waals surface area contributed by atoms with Crippen LogP contribution in [0.5, 0.6) is 0 Å². The van der Waals surface area contributed by atoms with Crippen LogP contribution in [0, 0.1) is 0 Å². The van der Waals surface area contributed by atoms with Gasteiger partial charge in [-0.3, -0.25) is 4.79 Å². The predicted octanol–water partition coefficient (Wildman–Crippen LogP) is 2.66. The van der Waals surface area contributed by atoms with Gasteiger partial charge in [0.2, 0.25) is 0 Å². The molecular formula is C14H12O2. The number of carbonyl (C=O) groups is 1. The Labute approximate surface area is 94.2 Å². The van der Waals surface area contributed by atoms with Gasteiger partial charge in [-0.2, -0.15) is 0 Å². The van der Waals surface area contributed by atoms with E-state index in [4.69, 9.17) is 5.11 Å². The van der Waals surface area contributed by atoms with E-state index in [-0.39, 0.29) is 6.61 Å². The molecule has 0 aliphatic rings. The summed E-state index contributed by atoms with van der Waals surface area (Å²) in [5.74, 6) is 0. The van der Waals surface area contributed by atoms with Gasteiger partial charge in [-0.15, -0.1) is 0 Å². The molecule has 0 aromatic heterocycles. The maximum absolute atomic E-state index is 10.9. The summed E-state index contributed by atoms with van der Waals surface area (Å²) >= 11 is 0. The molecule has 2 heteroatoms. The third kappa shape index (κ3) is 2.02. The van der Waals surface area contributed by atoms with E-state index in [0.29, 0.717) is 11.1 Å². The van der Waals surface area contributed by atoms with E-state index in [9.17, 15) is 4.79 Å². The molecule has 0 bridgehead atoms. The van der Waals surface area contributed by atoms with Crippen LogP contribution in [0.1, 0.15) is 15.9 Å². The number of hydrogen-bond donors (Lipinski definition) is 1. The van der Waals surface area contributed by atoms with Gasteiger partial charge in [0.1, 0.15) is 6.29 Å². The SMILES string of the molecule is O=Cc1cc(-c2ccccc2)ccc1CO. The topological polar surface area (TPSA) is 37.3 Å². The first-order valence-electron chi connectivity index (χ1n) is 5.09. The fourth-order valence-electron chi connectivity index (χ4n) is 1.66. The van der Waals surface area contributed by atoms with Crippen molar-refractivity contribution in [3.05, 3.63) is 59.7 Å². The van der Waals surface area contributed by atoms with Gasteiger partial charge in [-0.05, 0) is 22.8 Å². The van der Waals surface area contributed by atoms with Gasteiger partial charge in [0.25, 0.3) is 0 Å². The van der Waals surface area contributed by atoms with Crippen LogP contribution in [0.3, 0.4) is 0 Å². The number of benzene rings is 2. The van der Waals surface area contributed by atoms with E-state index in [1.54, 1.807) is 12.1 Å². The number of aldehydes is 1. The molecule has 0 saturated heterocycles. The second-order valence-corrected chi connectivity index (χ2v) is 3.56. The van der Waals surface area contributed by atoms with Crippen LogP contribution in [-0.2, 0) is 6.61 Å². The van der Waals surface area contributed by atoms with Crippen molar-refractivity contribution in [2.45, 2.75) is 6.61 Å². The lowest BCUT2D eigenvalue weighted by Crippen LogP contribution is -1.92. The lowest BCUT2D eigenvalue weighted by atomic mass is 10.00. The van der Waals surface area contributed by atoms with E-state index < -0.39 is 0 Å². The van der Waals surface area contributed by atoms with Crippen LogP contribution >= 0.6 is 0 Å². The van der Waals surface area contributed by atoms with Gasteiger partial charge in [0, 0.05) is 5.56 Å². The summed E-state index contributed by atoms with van der Waals surface area (Å²) in [5.41, 5.74) is 3.26. The summed E-state index contributed by atoms with van der Waals surface area (Å²) in [4.78, 5) is 10.9. The number of rotatable bonds is 3. The average Bonchev–Trinajstić information content (AvgIpc) is 2.39. The van der Waals surface area contributed by atoms with Crippen molar-refractivity contribution >= 4 is 6.29 Å². The van der Waals surface area contributed by atoms with Crippen molar-refractivity contribution in [2.75, 3.05) is 0 Å². The Kier molecular flexibility index (Phi) is 3.13. The van der Waals surface area contributed by atoms with Gasteiger partial charge in [-0.1, -0.05) is 42.5 Å². The quantitative estimate of drug-likeness (QED) is 0.794. The summed E-state index contributed by atoms with van der Waals surface area (Å²) in [7, 11) is 0. The second-order valence-electron chi connectivity index (χ2n) is 3.56. The molecule has 1 N–H and O–H groups in total. The molecule has 2 rings (SSSR count). The normalized spacial score (nSPS) is 10.1. The van der Waals surface area contributed by atoms with Gasteiger partial charge in [0.05, 0.1) is 6.61 Å². The monoisotopic (exact) mass is 212 g/mol. The summed E-state index contributed by atoms with van der Waals surface area (Å²) in [5, 5.41) is 9.05. The van der Waals surface area contributed by atoms with Crippen LogP contribution in [0.25, 0.3) is 11.1 Å². The molecule has 2 aromatic carbocycles. The molecule has 0 spiro atoms. The maximum atomic E-state index is 10.9. The van der Waals surface area contributed by atoms with Gasteiger partial charge in [-0.25, -0.2) is 0 Å². The van der Waals surface area contributed by atoms with Gasteiger partial charge >= 0.3 is 0 Å². The lowest BCUT2D eigenvalue weighted by Gasteiger charge is -2.05. The summed E-state index contributed by atoms with van der Waals surface area (Å²) in [6.07, 6.45) is 0.776. The van der Waals surface area contributed by atoms with Crippen molar-refractivity contribution in [3.8, 4) is 11.1 Å². The van der Waals surface area contributed by atoms with Crippen LogP contribution in [0.4, 0.5) is 0 Å². The molecule has 0 heterocycles. The Morgan fingerprint density at radius 2 is 1.75 bits per heavy atom. The maximum Gasteiger partial charge on any atom is 0.150 e. The molecule has 0 radical (unpaired) electrons. The Hall–Kier alpha value is -1.93. The second kappa shape index (κ2) is 4.73. The third-order valence-corrected chi connectivity index (χ3v) is 2.55. The molecule has 0 amide bonds. The highest BCUT2D eigenvalue weighted by Crippen LogP contribution is 2.21. The number of carbonyl (C=O) groups excluding carboxylic acids is 1. The van der Waals surface area contributed by atoms with E-state index >= 15 is 0 Å². The number of aliphatic hydroxyl groups is 1. The zero-order valence-electron chi connectivity index (χ0n) is 8.76. The largest absolute Gasteiger partial charge is 0.392 e. The van der Waals surface area contributed by atoms with Crippen molar-refractivity contribution < 1.29 is 9.90 Å². The van der Waals surface area contributed by atoms with Crippen LogP contribution in [-0.4, -0.2) is 11.4 Å². The van der Waals surface area contributed by atoms with Crippen molar-refractivity contribution in [1.82, 2.24) is 0 Å². The van der Waals surface area contributed by atoms with Crippen LogP contribution < -0.4 is 0 Å². The zero-order valence-corrected chi connectivity index (χ0v) is 8.76. The first-order chi connectivity index (χ1) is 7.85. The van der Waals surface area contributed by atoms with Crippen LogP contribution in [0.15, 0.2) is 48.5 Å². The highest BCUT2D eigenvalue weighted by Gasteiger charge is 2.03. The molecule has 0 fully saturated rings. The van der Waals surface area contributed by atoms with E-state index in [0.717, 1.165) is 17.4 Å². The lowest BCUT2D eigenvalue weighted by molar-refractivity contribution is 0.112. The molecule has 80 valence electrons. The molecule has 2 nitrogen and oxygen atoms in total. The Morgan fingerprint density at radius 3 is 2.38 bits per heavy atom. The van der Waals surface area contributed by atoms with E-state index in [2.05, 4.69) is 0 Å². The number of aliphatic hydroxyl groups excluding tert-OH is 1. The smallest absolute Gasteiger partial charge is 0.150 e. The fraction of sp³-hybridized carbons (Fsp3) is 0.0714. The fourth-order valence-corrected chi connectivity index (χ4v) is 1.66. The minimum absolute atomic E-state index is 0.108. The molecule has 0 atom stereocenters. The van der Waals surface area contributed by atoms with Crippen molar-refractivity contribution in [1.29, 1.82) is 0 Å². The molecule has 0 saturated carbocycles. The molecule has 0 aliphatic heterocycles. The van der Waals surface area contributed by atoms with E-state index in [1.807, 2.05) is 36.4 Å². The summed E-state index contributed by atoms with van der Waals surface area (Å²) < 4.78 is 0. The zero-order chi connectivity index (χ0) is 11.4. The van der Waals surface area contributed by atoms with Crippen molar-refractivity contribution in [3.63, 3.8) is 0 Å². The van der Waals surface area contributed by atoms with Crippen LogP contribution in [0.2, 0.25) is 0 Å². The predicted molar refractivity (Wildman–Crippen MR) is 63.2 cm³/mol. The first kappa shape index (κ1) is 10.6. The molecule has 0 unspecified atom stereocenters. The number of hydrogen-bond acceptors (Lipinski definition) is 2. The average molecular weight is 212 g/mol. The minimum Gasteiger partial charge on any atom is -0.392 e. The highest BCUT2D eigenvalue weighted by atomic mass is 16.3. The van der Waals surface area contributed by atoms with E-state index in [1.165, 1.54) is 0 Å². The molecule has 0 aliphatic carbocycles. The van der Waals surface area contributed by atoms with Crippen molar-refractivity contribution in [2.24, 2.45) is 0 Å².